The molecule has 1 heterocycles. The van der Waals surface area contributed by atoms with Crippen LogP contribution in [0.25, 0.3) is 0 Å². The van der Waals surface area contributed by atoms with Crippen LogP contribution in [0.4, 0.5) is 13.2 Å². The minimum absolute atomic E-state index is 0.198. The number of rotatable bonds is 4. The molecule has 0 bridgehead atoms. The first-order chi connectivity index (χ1) is 9.76. The summed E-state index contributed by atoms with van der Waals surface area (Å²) >= 11 is 0. The molecule has 1 N–H and O–H groups in total. The summed E-state index contributed by atoms with van der Waals surface area (Å²) in [7, 11) is 0. The zero-order chi connectivity index (χ0) is 15.6. The van der Waals surface area contributed by atoms with E-state index >= 15 is 0 Å². The van der Waals surface area contributed by atoms with Gasteiger partial charge in [0.1, 0.15) is 13.2 Å². The van der Waals surface area contributed by atoms with Gasteiger partial charge in [0.25, 0.3) is 0 Å². The third-order valence-corrected chi connectivity index (χ3v) is 3.37. The molecule has 1 aliphatic rings. The summed E-state index contributed by atoms with van der Waals surface area (Å²) in [4.78, 5) is 19.3. The van der Waals surface area contributed by atoms with Crippen molar-refractivity contribution in [1.82, 2.24) is 9.97 Å². The van der Waals surface area contributed by atoms with Gasteiger partial charge in [0.15, 0.2) is 5.82 Å². The lowest BCUT2D eigenvalue weighted by Crippen LogP contribution is -2.25. The van der Waals surface area contributed by atoms with E-state index in [1.54, 1.807) is 6.92 Å². The number of aryl methyl sites for hydroxylation is 2. The zero-order valence-corrected chi connectivity index (χ0v) is 11.4. The number of fused-ring (bicyclic) bond motifs is 1. The van der Waals surface area contributed by atoms with Crippen molar-refractivity contribution in [2.24, 2.45) is 5.92 Å². The van der Waals surface area contributed by atoms with E-state index in [0.29, 0.717) is 30.7 Å². The van der Waals surface area contributed by atoms with Crippen LogP contribution in [0.15, 0.2) is 0 Å². The fourth-order valence-electron chi connectivity index (χ4n) is 2.38. The Hall–Kier alpha value is -1.70. The minimum Gasteiger partial charge on any atom is -0.481 e. The van der Waals surface area contributed by atoms with E-state index in [2.05, 4.69) is 14.7 Å². The Morgan fingerprint density at radius 2 is 2.14 bits per heavy atom. The lowest BCUT2D eigenvalue weighted by Gasteiger charge is -2.22. The molecule has 21 heavy (non-hydrogen) atoms. The van der Waals surface area contributed by atoms with Gasteiger partial charge in [0.2, 0.25) is 0 Å². The van der Waals surface area contributed by atoms with Gasteiger partial charge in [-0.1, -0.05) is 0 Å². The molecule has 1 atom stereocenters. The predicted molar refractivity (Wildman–Crippen MR) is 65.6 cm³/mol. The summed E-state index contributed by atoms with van der Waals surface area (Å²) in [6.07, 6.45) is -3.05. The summed E-state index contributed by atoms with van der Waals surface area (Å²) in [5.41, 5.74) is 2.11. The monoisotopic (exact) mass is 304 g/mol. The quantitative estimate of drug-likeness (QED) is 0.921. The van der Waals surface area contributed by atoms with Crippen LogP contribution in [-0.4, -0.2) is 33.8 Å². The molecule has 0 aromatic carbocycles. The van der Waals surface area contributed by atoms with Crippen LogP contribution in [0, 0.1) is 12.8 Å². The number of nitrogens with zero attached hydrogens (tertiary/aromatic N) is 2. The highest BCUT2D eigenvalue weighted by Crippen LogP contribution is 2.26. The molecule has 1 unspecified atom stereocenters. The average Bonchev–Trinajstić information content (AvgIpc) is 2.36. The number of carboxylic acid groups (broad SMARTS) is 1. The Morgan fingerprint density at radius 1 is 1.43 bits per heavy atom. The summed E-state index contributed by atoms with van der Waals surface area (Å²) in [6, 6.07) is 0. The van der Waals surface area contributed by atoms with Crippen molar-refractivity contribution in [1.29, 1.82) is 0 Å². The van der Waals surface area contributed by atoms with Gasteiger partial charge in [-0.25, -0.2) is 9.97 Å². The van der Waals surface area contributed by atoms with Crippen molar-refractivity contribution in [2.45, 2.75) is 39.0 Å². The zero-order valence-electron chi connectivity index (χ0n) is 11.4. The lowest BCUT2D eigenvalue weighted by atomic mass is 9.86. The minimum atomic E-state index is -4.38. The Kier molecular flexibility index (Phi) is 4.46. The highest BCUT2D eigenvalue weighted by molar-refractivity contribution is 5.71. The molecular formula is C13H15F3N2O3. The highest BCUT2D eigenvalue weighted by atomic mass is 19.4. The molecule has 8 heteroatoms. The first-order valence-electron chi connectivity index (χ1n) is 6.49. The SMILES string of the molecule is Cc1nc(COCC(F)(F)F)nc2c1CC(C(=O)O)CC2. The third kappa shape index (κ3) is 4.13. The van der Waals surface area contributed by atoms with Crippen LogP contribution >= 0.6 is 0 Å². The number of alkyl halides is 3. The predicted octanol–water partition coefficient (Wildman–Crippen LogP) is 2.05. The molecule has 0 aliphatic heterocycles. The van der Waals surface area contributed by atoms with Gasteiger partial charge in [0.05, 0.1) is 5.92 Å². The van der Waals surface area contributed by atoms with Crippen molar-refractivity contribution in [2.75, 3.05) is 6.61 Å². The van der Waals surface area contributed by atoms with Gasteiger partial charge in [0, 0.05) is 11.4 Å². The Labute approximate surface area is 119 Å². The van der Waals surface area contributed by atoms with E-state index in [9.17, 15) is 18.0 Å². The second-order valence-corrected chi connectivity index (χ2v) is 5.04. The van der Waals surface area contributed by atoms with E-state index in [-0.39, 0.29) is 12.4 Å². The molecule has 1 aromatic heterocycles. The summed E-state index contributed by atoms with van der Waals surface area (Å²) in [5.74, 6) is -1.10. The Balaban J connectivity index is 2.08. The number of hydrogen-bond acceptors (Lipinski definition) is 4. The van der Waals surface area contributed by atoms with Gasteiger partial charge in [-0.3, -0.25) is 4.79 Å². The van der Waals surface area contributed by atoms with Crippen molar-refractivity contribution in [3.05, 3.63) is 22.8 Å². The smallest absolute Gasteiger partial charge is 0.411 e. The van der Waals surface area contributed by atoms with Crippen LogP contribution in [0.2, 0.25) is 0 Å². The number of carbonyl (C=O) groups is 1. The number of halogens is 3. The fourth-order valence-corrected chi connectivity index (χ4v) is 2.38. The van der Waals surface area contributed by atoms with Gasteiger partial charge < -0.3 is 9.84 Å². The Bertz CT molecular complexity index is 546. The van der Waals surface area contributed by atoms with Gasteiger partial charge in [-0.2, -0.15) is 13.2 Å². The molecule has 0 fully saturated rings. The summed E-state index contributed by atoms with van der Waals surface area (Å²) < 4.78 is 40.6. The van der Waals surface area contributed by atoms with E-state index in [4.69, 9.17) is 5.11 Å². The van der Waals surface area contributed by atoms with Crippen LogP contribution in [-0.2, 0) is 29.0 Å². The third-order valence-electron chi connectivity index (χ3n) is 3.37. The fraction of sp³-hybridized carbons (Fsp3) is 0.615. The van der Waals surface area contributed by atoms with E-state index in [1.807, 2.05) is 0 Å². The van der Waals surface area contributed by atoms with Gasteiger partial charge in [-0.05, 0) is 31.7 Å². The molecule has 0 amide bonds. The van der Waals surface area contributed by atoms with Gasteiger partial charge >= 0.3 is 12.1 Å². The molecule has 0 saturated carbocycles. The number of aliphatic carboxylic acids is 1. The number of ether oxygens (including phenoxy) is 1. The lowest BCUT2D eigenvalue weighted by molar-refractivity contribution is -0.177. The van der Waals surface area contributed by atoms with Crippen LogP contribution in [0.1, 0.15) is 29.2 Å². The second kappa shape index (κ2) is 5.97. The second-order valence-electron chi connectivity index (χ2n) is 5.04. The Morgan fingerprint density at radius 3 is 2.76 bits per heavy atom. The number of carboxylic acids is 1. The molecule has 0 radical (unpaired) electrons. The topological polar surface area (TPSA) is 72.3 Å². The molecule has 1 aliphatic carbocycles. The maximum atomic E-state index is 12.0. The van der Waals surface area contributed by atoms with E-state index in [1.165, 1.54) is 0 Å². The van der Waals surface area contributed by atoms with Crippen molar-refractivity contribution < 1.29 is 27.8 Å². The molecular weight excluding hydrogens is 289 g/mol. The summed E-state index contributed by atoms with van der Waals surface area (Å²) in [6.45, 7) is 0.0571. The average molecular weight is 304 g/mol. The molecule has 0 spiro atoms. The van der Waals surface area contributed by atoms with E-state index < -0.39 is 24.7 Å². The standard InChI is InChI=1S/C13H15F3N2O3/c1-7-9-4-8(12(19)20)2-3-10(9)18-11(17-7)5-21-6-13(14,15)16/h8H,2-6H2,1H3,(H,19,20). The molecule has 0 saturated heterocycles. The first kappa shape index (κ1) is 15.7. The van der Waals surface area contributed by atoms with Crippen LogP contribution < -0.4 is 0 Å². The van der Waals surface area contributed by atoms with Crippen LogP contribution in [0.3, 0.4) is 0 Å². The van der Waals surface area contributed by atoms with Crippen molar-refractivity contribution in [3.63, 3.8) is 0 Å². The number of aromatic nitrogens is 2. The molecule has 116 valence electrons. The first-order valence-corrected chi connectivity index (χ1v) is 6.49. The van der Waals surface area contributed by atoms with Crippen molar-refractivity contribution in [3.8, 4) is 0 Å². The summed E-state index contributed by atoms with van der Waals surface area (Å²) in [5, 5.41) is 9.03. The molecule has 5 nitrogen and oxygen atoms in total. The maximum Gasteiger partial charge on any atom is 0.411 e. The van der Waals surface area contributed by atoms with Crippen LogP contribution in [0.5, 0.6) is 0 Å². The molecule has 2 rings (SSSR count). The van der Waals surface area contributed by atoms with Gasteiger partial charge in [-0.15, -0.1) is 0 Å². The normalized spacial score (nSPS) is 18.4. The maximum absolute atomic E-state index is 12.0. The van der Waals surface area contributed by atoms with E-state index in [0.717, 1.165) is 5.56 Å². The molecule has 1 aromatic rings. The largest absolute Gasteiger partial charge is 0.481 e. The van der Waals surface area contributed by atoms with Crippen molar-refractivity contribution >= 4 is 5.97 Å². The number of hydrogen-bond donors (Lipinski definition) is 1. The highest BCUT2D eigenvalue weighted by Gasteiger charge is 2.29.